The van der Waals surface area contributed by atoms with Gasteiger partial charge in [0.1, 0.15) is 5.82 Å². The molecule has 1 saturated heterocycles. The van der Waals surface area contributed by atoms with Crippen LogP contribution in [0.1, 0.15) is 56.2 Å². The summed E-state index contributed by atoms with van der Waals surface area (Å²) in [5.41, 5.74) is 1.78. The first-order valence-electron chi connectivity index (χ1n) is 8.33. The highest BCUT2D eigenvalue weighted by atomic mass is 19.1. The average molecular weight is 292 g/mol. The van der Waals surface area contributed by atoms with Crippen molar-refractivity contribution in [3.05, 3.63) is 35.1 Å². The lowest BCUT2D eigenvalue weighted by Crippen LogP contribution is -2.40. The standard InChI is InChI=1S/C18H29FN2/c1-4-16-7-5-6-11-21(16)12-10-18(20-3)15-9-8-14(2)17(19)13-15/h8-9,13,16,18,20H,4-7,10-12H2,1-3H3. The van der Waals surface area contributed by atoms with Crippen LogP contribution in [0, 0.1) is 12.7 Å². The number of aryl methyl sites for hydroxylation is 1. The number of nitrogens with zero attached hydrogens (tertiary/aromatic N) is 1. The highest BCUT2D eigenvalue weighted by Crippen LogP contribution is 2.23. The van der Waals surface area contributed by atoms with Gasteiger partial charge in [0.15, 0.2) is 0 Å². The maximum absolute atomic E-state index is 13.7. The number of hydrogen-bond acceptors (Lipinski definition) is 2. The van der Waals surface area contributed by atoms with Crippen LogP contribution in [0.15, 0.2) is 18.2 Å². The quantitative estimate of drug-likeness (QED) is 0.851. The van der Waals surface area contributed by atoms with Gasteiger partial charge in [-0.2, -0.15) is 0 Å². The van der Waals surface area contributed by atoms with E-state index < -0.39 is 0 Å². The van der Waals surface area contributed by atoms with Crippen LogP contribution >= 0.6 is 0 Å². The maximum Gasteiger partial charge on any atom is 0.126 e. The van der Waals surface area contributed by atoms with E-state index in [0.717, 1.165) is 30.1 Å². The van der Waals surface area contributed by atoms with Gasteiger partial charge in [0.2, 0.25) is 0 Å². The van der Waals surface area contributed by atoms with E-state index in [-0.39, 0.29) is 11.9 Å². The van der Waals surface area contributed by atoms with Gasteiger partial charge in [-0.3, -0.25) is 0 Å². The molecule has 1 fully saturated rings. The number of halogens is 1. The Kier molecular flexibility index (Phi) is 6.19. The lowest BCUT2D eigenvalue weighted by atomic mass is 9.97. The minimum absolute atomic E-state index is 0.0999. The highest BCUT2D eigenvalue weighted by molar-refractivity contribution is 5.25. The third kappa shape index (κ3) is 4.27. The van der Waals surface area contributed by atoms with Gasteiger partial charge in [-0.25, -0.2) is 4.39 Å². The Morgan fingerprint density at radius 3 is 2.86 bits per heavy atom. The molecule has 2 nitrogen and oxygen atoms in total. The first kappa shape index (κ1) is 16.4. The van der Waals surface area contributed by atoms with Crippen LogP contribution in [0.2, 0.25) is 0 Å². The van der Waals surface area contributed by atoms with Crippen molar-refractivity contribution in [3.63, 3.8) is 0 Å². The second-order valence-corrected chi connectivity index (χ2v) is 6.23. The van der Waals surface area contributed by atoms with Gasteiger partial charge in [0, 0.05) is 18.6 Å². The number of rotatable bonds is 6. The fourth-order valence-corrected chi connectivity index (χ4v) is 3.42. The van der Waals surface area contributed by atoms with E-state index in [2.05, 4.69) is 17.1 Å². The molecule has 1 aromatic rings. The minimum Gasteiger partial charge on any atom is -0.313 e. The molecule has 1 aromatic carbocycles. The second-order valence-electron chi connectivity index (χ2n) is 6.23. The van der Waals surface area contributed by atoms with Crippen molar-refractivity contribution < 1.29 is 4.39 Å². The summed E-state index contributed by atoms with van der Waals surface area (Å²) in [6.07, 6.45) is 6.30. The Morgan fingerprint density at radius 1 is 1.38 bits per heavy atom. The van der Waals surface area contributed by atoms with Crippen molar-refractivity contribution in [2.24, 2.45) is 0 Å². The smallest absolute Gasteiger partial charge is 0.126 e. The van der Waals surface area contributed by atoms with Gasteiger partial charge in [-0.15, -0.1) is 0 Å². The molecule has 0 bridgehead atoms. The van der Waals surface area contributed by atoms with E-state index in [1.54, 1.807) is 6.07 Å². The third-order valence-corrected chi connectivity index (χ3v) is 4.87. The molecule has 1 aliphatic heterocycles. The van der Waals surface area contributed by atoms with E-state index >= 15 is 0 Å². The second kappa shape index (κ2) is 7.90. The highest BCUT2D eigenvalue weighted by Gasteiger charge is 2.21. The van der Waals surface area contributed by atoms with Gasteiger partial charge in [-0.05, 0) is 63.4 Å². The molecule has 21 heavy (non-hydrogen) atoms. The SMILES string of the molecule is CCC1CCCCN1CCC(NC)c1ccc(C)c(F)c1. The van der Waals surface area contributed by atoms with Crippen LogP contribution in [0.3, 0.4) is 0 Å². The summed E-state index contributed by atoms with van der Waals surface area (Å²) in [7, 11) is 1.97. The molecule has 1 heterocycles. The van der Waals surface area contributed by atoms with E-state index in [1.807, 2.05) is 26.1 Å². The van der Waals surface area contributed by atoms with Gasteiger partial charge >= 0.3 is 0 Å². The Balaban J connectivity index is 1.96. The van der Waals surface area contributed by atoms with Crippen molar-refractivity contribution in [2.45, 2.75) is 58.0 Å². The van der Waals surface area contributed by atoms with Gasteiger partial charge in [-0.1, -0.05) is 25.5 Å². The fourth-order valence-electron chi connectivity index (χ4n) is 3.42. The Labute approximate surface area is 128 Å². The minimum atomic E-state index is -0.0999. The summed E-state index contributed by atoms with van der Waals surface area (Å²) < 4.78 is 13.7. The zero-order valence-electron chi connectivity index (χ0n) is 13.7. The third-order valence-electron chi connectivity index (χ3n) is 4.87. The summed E-state index contributed by atoms with van der Waals surface area (Å²) in [6, 6.07) is 6.59. The van der Waals surface area contributed by atoms with Crippen molar-refractivity contribution in [1.82, 2.24) is 10.2 Å². The normalized spacial score (nSPS) is 21.4. The predicted octanol–water partition coefficient (Wildman–Crippen LogP) is 4.05. The van der Waals surface area contributed by atoms with Crippen LogP contribution in [-0.2, 0) is 0 Å². The molecule has 118 valence electrons. The van der Waals surface area contributed by atoms with Crippen LogP contribution < -0.4 is 5.32 Å². The molecule has 3 heteroatoms. The van der Waals surface area contributed by atoms with Crippen molar-refractivity contribution in [1.29, 1.82) is 0 Å². The molecule has 2 atom stereocenters. The zero-order chi connectivity index (χ0) is 15.2. The molecular formula is C18H29FN2. The summed E-state index contributed by atoms with van der Waals surface area (Å²) in [6.45, 7) is 6.41. The molecule has 1 aliphatic rings. The molecule has 1 N–H and O–H groups in total. The molecule has 2 rings (SSSR count). The van der Waals surface area contributed by atoms with E-state index in [0.29, 0.717) is 0 Å². The summed E-state index contributed by atoms with van der Waals surface area (Å²) in [4.78, 5) is 2.62. The van der Waals surface area contributed by atoms with E-state index in [4.69, 9.17) is 0 Å². The van der Waals surface area contributed by atoms with Gasteiger partial charge in [0.05, 0.1) is 0 Å². The first-order chi connectivity index (χ1) is 10.2. The molecule has 0 amide bonds. The number of benzene rings is 1. The lowest BCUT2D eigenvalue weighted by Gasteiger charge is -2.36. The van der Waals surface area contributed by atoms with Crippen LogP contribution in [0.25, 0.3) is 0 Å². The van der Waals surface area contributed by atoms with Crippen molar-refractivity contribution in [2.75, 3.05) is 20.1 Å². The molecule has 0 aromatic heterocycles. The molecule has 0 aliphatic carbocycles. The van der Waals surface area contributed by atoms with Crippen molar-refractivity contribution >= 4 is 0 Å². The number of hydrogen-bond donors (Lipinski definition) is 1. The van der Waals surface area contributed by atoms with Crippen molar-refractivity contribution in [3.8, 4) is 0 Å². The number of nitrogens with one attached hydrogen (secondary N) is 1. The summed E-state index contributed by atoms with van der Waals surface area (Å²) in [5.74, 6) is -0.0999. The Morgan fingerprint density at radius 2 is 2.19 bits per heavy atom. The molecular weight excluding hydrogens is 263 g/mol. The van der Waals surface area contributed by atoms with Gasteiger partial charge < -0.3 is 10.2 Å². The molecule has 0 saturated carbocycles. The summed E-state index contributed by atoms with van der Waals surface area (Å²) >= 11 is 0. The van der Waals surface area contributed by atoms with Crippen LogP contribution in [0.5, 0.6) is 0 Å². The first-order valence-corrected chi connectivity index (χ1v) is 8.33. The Hall–Kier alpha value is -0.930. The zero-order valence-corrected chi connectivity index (χ0v) is 13.7. The predicted molar refractivity (Wildman–Crippen MR) is 87.1 cm³/mol. The van der Waals surface area contributed by atoms with Crippen LogP contribution in [-0.4, -0.2) is 31.1 Å². The number of piperidine rings is 1. The van der Waals surface area contributed by atoms with Gasteiger partial charge in [0.25, 0.3) is 0 Å². The average Bonchev–Trinajstić information content (AvgIpc) is 2.51. The monoisotopic (exact) mass is 292 g/mol. The lowest BCUT2D eigenvalue weighted by molar-refractivity contribution is 0.138. The largest absolute Gasteiger partial charge is 0.313 e. The number of likely N-dealkylation sites (tertiary alicyclic amines) is 1. The fraction of sp³-hybridized carbons (Fsp3) is 0.667. The molecule has 2 unspecified atom stereocenters. The molecule has 0 spiro atoms. The Bertz CT molecular complexity index is 447. The summed E-state index contributed by atoms with van der Waals surface area (Å²) in [5, 5.41) is 3.34. The van der Waals surface area contributed by atoms with E-state index in [9.17, 15) is 4.39 Å². The molecule has 0 radical (unpaired) electrons. The van der Waals surface area contributed by atoms with Crippen LogP contribution in [0.4, 0.5) is 4.39 Å². The maximum atomic E-state index is 13.7. The topological polar surface area (TPSA) is 15.3 Å². The van der Waals surface area contributed by atoms with E-state index in [1.165, 1.54) is 32.2 Å².